The zero-order valence-electron chi connectivity index (χ0n) is 11.4. The highest BCUT2D eigenvalue weighted by molar-refractivity contribution is 5.47. The molecule has 18 heavy (non-hydrogen) atoms. The molecule has 3 N–H and O–H groups in total. The van der Waals surface area contributed by atoms with Crippen LogP contribution in [-0.2, 0) is 0 Å². The number of hydrogen-bond acceptors (Lipinski definition) is 3. The third-order valence-corrected chi connectivity index (χ3v) is 3.93. The van der Waals surface area contributed by atoms with Crippen LogP contribution in [0.1, 0.15) is 44.2 Å². The van der Waals surface area contributed by atoms with E-state index >= 15 is 0 Å². The van der Waals surface area contributed by atoms with E-state index in [-0.39, 0.29) is 6.04 Å². The van der Waals surface area contributed by atoms with Gasteiger partial charge in [0.15, 0.2) is 0 Å². The van der Waals surface area contributed by atoms with Gasteiger partial charge in [0.25, 0.3) is 0 Å². The van der Waals surface area contributed by atoms with Gasteiger partial charge in [-0.05, 0) is 37.5 Å². The highest BCUT2D eigenvalue weighted by atomic mass is 16.3. The molecular formula is C15H24N2O. The third-order valence-electron chi connectivity index (χ3n) is 3.93. The van der Waals surface area contributed by atoms with Crippen molar-refractivity contribution in [2.45, 2.75) is 44.2 Å². The molecule has 1 fully saturated rings. The van der Waals surface area contributed by atoms with Crippen molar-refractivity contribution in [1.82, 2.24) is 0 Å². The van der Waals surface area contributed by atoms with Crippen LogP contribution in [0, 0.1) is 0 Å². The maximum absolute atomic E-state index is 10.4. The molecule has 0 spiro atoms. The maximum atomic E-state index is 10.4. The molecule has 1 saturated carbocycles. The number of rotatable bonds is 4. The molecule has 1 aromatic rings. The molecule has 0 saturated heterocycles. The van der Waals surface area contributed by atoms with Crippen LogP contribution in [0.15, 0.2) is 24.3 Å². The molecular weight excluding hydrogens is 224 g/mol. The monoisotopic (exact) mass is 248 g/mol. The first-order valence-corrected chi connectivity index (χ1v) is 6.79. The Kier molecular flexibility index (Phi) is 3.93. The van der Waals surface area contributed by atoms with Crippen molar-refractivity contribution in [3.63, 3.8) is 0 Å². The largest absolute Gasteiger partial charge is 0.388 e. The van der Waals surface area contributed by atoms with E-state index in [1.807, 2.05) is 14.0 Å². The summed E-state index contributed by atoms with van der Waals surface area (Å²) >= 11 is 0. The summed E-state index contributed by atoms with van der Waals surface area (Å²) in [6.45, 7) is 2.70. The zero-order chi connectivity index (χ0) is 13.2. The lowest BCUT2D eigenvalue weighted by molar-refractivity contribution is 0.0559. The molecule has 0 heterocycles. The van der Waals surface area contributed by atoms with Crippen LogP contribution in [0.25, 0.3) is 0 Å². The van der Waals surface area contributed by atoms with Gasteiger partial charge in [0.2, 0.25) is 0 Å². The summed E-state index contributed by atoms with van der Waals surface area (Å²) < 4.78 is 0. The van der Waals surface area contributed by atoms with Gasteiger partial charge in [-0.25, -0.2) is 0 Å². The highest BCUT2D eigenvalue weighted by Crippen LogP contribution is 2.31. The van der Waals surface area contributed by atoms with E-state index < -0.39 is 5.60 Å². The second-order valence-corrected chi connectivity index (χ2v) is 5.67. The van der Waals surface area contributed by atoms with Gasteiger partial charge in [0.1, 0.15) is 0 Å². The number of benzene rings is 1. The molecule has 3 heteroatoms. The second-order valence-electron chi connectivity index (χ2n) is 5.67. The van der Waals surface area contributed by atoms with Gasteiger partial charge in [-0.1, -0.05) is 25.0 Å². The molecule has 0 amide bonds. The number of anilines is 1. The molecule has 1 aliphatic rings. The predicted octanol–water partition coefficient (Wildman–Crippen LogP) is 2.45. The molecule has 0 unspecified atom stereocenters. The maximum Gasteiger partial charge on any atom is 0.0821 e. The van der Waals surface area contributed by atoms with Crippen molar-refractivity contribution in [3.05, 3.63) is 29.8 Å². The topological polar surface area (TPSA) is 49.5 Å². The van der Waals surface area contributed by atoms with Gasteiger partial charge in [-0.2, -0.15) is 0 Å². The van der Waals surface area contributed by atoms with Gasteiger partial charge < -0.3 is 15.7 Å². The van der Waals surface area contributed by atoms with Crippen LogP contribution < -0.4 is 10.6 Å². The standard InChI is InChI=1S/C15H24N2O/c1-12(16)13-5-7-14(8-6-13)17(2)11-15(18)9-3-4-10-15/h5-8,12,18H,3-4,9-11,16H2,1-2H3/t12-/m1/s1. The molecule has 1 aliphatic carbocycles. The highest BCUT2D eigenvalue weighted by Gasteiger charge is 2.32. The summed E-state index contributed by atoms with van der Waals surface area (Å²) in [5.41, 5.74) is 7.63. The Labute approximate surface area is 110 Å². The number of likely N-dealkylation sites (N-methyl/N-ethyl adjacent to an activating group) is 1. The van der Waals surface area contributed by atoms with E-state index in [0.717, 1.165) is 36.9 Å². The number of aliphatic hydroxyl groups is 1. The molecule has 0 radical (unpaired) electrons. The quantitative estimate of drug-likeness (QED) is 0.860. The Bertz CT molecular complexity index is 380. The van der Waals surface area contributed by atoms with E-state index in [9.17, 15) is 5.11 Å². The molecule has 0 aliphatic heterocycles. The number of nitrogens with two attached hydrogens (primary N) is 1. The van der Waals surface area contributed by atoms with E-state index in [1.165, 1.54) is 0 Å². The number of nitrogens with zero attached hydrogens (tertiary/aromatic N) is 1. The Morgan fingerprint density at radius 3 is 2.33 bits per heavy atom. The van der Waals surface area contributed by atoms with Crippen molar-refractivity contribution in [1.29, 1.82) is 0 Å². The van der Waals surface area contributed by atoms with E-state index in [1.54, 1.807) is 0 Å². The van der Waals surface area contributed by atoms with Gasteiger partial charge in [-0.15, -0.1) is 0 Å². The van der Waals surface area contributed by atoms with Gasteiger partial charge in [-0.3, -0.25) is 0 Å². The summed E-state index contributed by atoms with van der Waals surface area (Å²) in [4.78, 5) is 2.14. The van der Waals surface area contributed by atoms with Crippen LogP contribution in [0.3, 0.4) is 0 Å². The van der Waals surface area contributed by atoms with Gasteiger partial charge in [0.05, 0.1) is 5.60 Å². The minimum atomic E-state index is -0.491. The fourth-order valence-corrected chi connectivity index (χ4v) is 2.76. The summed E-state index contributed by atoms with van der Waals surface area (Å²) in [7, 11) is 2.04. The molecule has 1 atom stereocenters. The lowest BCUT2D eigenvalue weighted by atomic mass is 10.0. The van der Waals surface area contributed by atoms with Crippen LogP contribution in [-0.4, -0.2) is 24.3 Å². The molecule has 0 bridgehead atoms. The summed E-state index contributed by atoms with van der Waals surface area (Å²) in [6, 6.07) is 8.36. The first kappa shape index (κ1) is 13.4. The Morgan fingerprint density at radius 2 is 1.83 bits per heavy atom. The summed E-state index contributed by atoms with van der Waals surface area (Å²) in [5.74, 6) is 0. The van der Waals surface area contributed by atoms with E-state index in [0.29, 0.717) is 6.54 Å². The van der Waals surface area contributed by atoms with Gasteiger partial charge >= 0.3 is 0 Å². The van der Waals surface area contributed by atoms with Crippen LogP contribution in [0.5, 0.6) is 0 Å². The number of hydrogen-bond donors (Lipinski definition) is 2. The lowest BCUT2D eigenvalue weighted by Gasteiger charge is -2.30. The van der Waals surface area contributed by atoms with Crippen molar-refractivity contribution < 1.29 is 5.11 Å². The molecule has 3 nitrogen and oxygen atoms in total. The fourth-order valence-electron chi connectivity index (χ4n) is 2.76. The van der Waals surface area contributed by atoms with Crippen molar-refractivity contribution in [2.24, 2.45) is 5.73 Å². The minimum absolute atomic E-state index is 0.0726. The average Bonchev–Trinajstić information content (AvgIpc) is 2.76. The van der Waals surface area contributed by atoms with Crippen LogP contribution >= 0.6 is 0 Å². The fraction of sp³-hybridized carbons (Fsp3) is 0.600. The zero-order valence-corrected chi connectivity index (χ0v) is 11.4. The summed E-state index contributed by atoms with van der Waals surface area (Å²) in [6.07, 6.45) is 4.15. The second kappa shape index (κ2) is 5.29. The van der Waals surface area contributed by atoms with Gasteiger partial charge in [0, 0.05) is 25.3 Å². The van der Waals surface area contributed by atoms with Crippen LogP contribution in [0.2, 0.25) is 0 Å². The molecule has 1 aromatic carbocycles. The first-order chi connectivity index (χ1) is 8.50. The van der Waals surface area contributed by atoms with Crippen molar-refractivity contribution in [3.8, 4) is 0 Å². The molecule has 0 aromatic heterocycles. The average molecular weight is 248 g/mol. The SMILES string of the molecule is C[C@@H](N)c1ccc(N(C)CC2(O)CCCC2)cc1. The van der Waals surface area contributed by atoms with E-state index in [2.05, 4.69) is 29.2 Å². The summed E-state index contributed by atoms with van der Waals surface area (Å²) in [5, 5.41) is 10.4. The first-order valence-electron chi connectivity index (χ1n) is 6.79. The molecule has 100 valence electrons. The Morgan fingerprint density at radius 1 is 1.28 bits per heavy atom. The third kappa shape index (κ3) is 3.03. The lowest BCUT2D eigenvalue weighted by Crippen LogP contribution is -2.39. The van der Waals surface area contributed by atoms with Crippen LogP contribution in [0.4, 0.5) is 5.69 Å². The van der Waals surface area contributed by atoms with E-state index in [4.69, 9.17) is 5.73 Å². The Hall–Kier alpha value is -1.06. The predicted molar refractivity (Wildman–Crippen MR) is 75.7 cm³/mol. The molecule has 2 rings (SSSR count). The van der Waals surface area contributed by atoms with Crippen molar-refractivity contribution >= 4 is 5.69 Å². The Balaban J connectivity index is 2.02. The normalized spacial score (nSPS) is 19.8. The van der Waals surface area contributed by atoms with Crippen molar-refractivity contribution in [2.75, 3.05) is 18.5 Å². The minimum Gasteiger partial charge on any atom is -0.388 e. The smallest absolute Gasteiger partial charge is 0.0821 e.